The van der Waals surface area contributed by atoms with Crippen LogP contribution in [0.5, 0.6) is 0 Å². The van der Waals surface area contributed by atoms with Crippen molar-refractivity contribution in [2.24, 2.45) is 52.3 Å². The van der Waals surface area contributed by atoms with E-state index < -0.39 is 0 Å². The van der Waals surface area contributed by atoms with Gasteiger partial charge in [-0.2, -0.15) is 0 Å². The van der Waals surface area contributed by atoms with Crippen LogP contribution in [0, 0.1) is 52.3 Å². The summed E-state index contributed by atoms with van der Waals surface area (Å²) >= 11 is 0. The van der Waals surface area contributed by atoms with Gasteiger partial charge in [-0.15, -0.1) is 0 Å². The summed E-state index contributed by atoms with van der Waals surface area (Å²) in [6, 6.07) is 0. The standard InChI is InChI=1S/C27H46O4/c1-6-18-22-15-17(28)11-13-27(22,4)21-12-14-26(3)19(16(2)7-10-23(29)31-5)8-9-20(26)24(21)25(18)30/h16-22,24-25,28,30H,6-15H2,1-5H3/t16-,17-,18-,19-,20?,21?,22?,24?,25-,26?,27-/m1/s1. The molecule has 4 nitrogen and oxygen atoms in total. The first-order valence-corrected chi connectivity index (χ1v) is 13.1. The van der Waals surface area contributed by atoms with Crippen LogP contribution in [0.15, 0.2) is 0 Å². The van der Waals surface area contributed by atoms with Crippen LogP contribution < -0.4 is 0 Å². The Balaban J connectivity index is 1.58. The number of fused-ring (bicyclic) bond motifs is 5. The fourth-order valence-corrected chi connectivity index (χ4v) is 9.58. The Hall–Kier alpha value is -0.610. The molecular formula is C27H46O4. The summed E-state index contributed by atoms with van der Waals surface area (Å²) in [6.07, 6.45) is 9.87. The second kappa shape index (κ2) is 8.63. The van der Waals surface area contributed by atoms with Gasteiger partial charge >= 0.3 is 5.97 Å². The minimum atomic E-state index is -0.230. The Morgan fingerprint density at radius 1 is 1.03 bits per heavy atom. The molecule has 4 heteroatoms. The number of rotatable bonds is 5. The highest BCUT2D eigenvalue weighted by Crippen LogP contribution is 2.69. The summed E-state index contributed by atoms with van der Waals surface area (Å²) in [5.41, 5.74) is 0.535. The Labute approximate surface area is 189 Å². The third kappa shape index (κ3) is 3.68. The zero-order valence-electron chi connectivity index (χ0n) is 20.5. The van der Waals surface area contributed by atoms with Crippen molar-refractivity contribution in [2.45, 2.75) is 104 Å². The van der Waals surface area contributed by atoms with Gasteiger partial charge in [-0.25, -0.2) is 0 Å². The van der Waals surface area contributed by atoms with Gasteiger partial charge in [0.25, 0.3) is 0 Å². The predicted molar refractivity (Wildman–Crippen MR) is 122 cm³/mol. The van der Waals surface area contributed by atoms with Crippen LogP contribution in [0.1, 0.15) is 91.9 Å². The number of hydrogen-bond acceptors (Lipinski definition) is 4. The normalized spacial score (nSPS) is 50.2. The van der Waals surface area contributed by atoms with Crippen LogP contribution in [0.3, 0.4) is 0 Å². The van der Waals surface area contributed by atoms with Crippen LogP contribution in [0.4, 0.5) is 0 Å². The quantitative estimate of drug-likeness (QED) is 0.584. The molecule has 4 saturated carbocycles. The van der Waals surface area contributed by atoms with E-state index in [1.807, 2.05) is 0 Å². The van der Waals surface area contributed by atoms with E-state index in [9.17, 15) is 15.0 Å². The van der Waals surface area contributed by atoms with E-state index in [1.54, 1.807) is 0 Å². The molecule has 4 aliphatic carbocycles. The average molecular weight is 435 g/mol. The summed E-state index contributed by atoms with van der Waals surface area (Å²) in [5.74, 6) is 3.41. The lowest BCUT2D eigenvalue weighted by Crippen LogP contribution is -2.62. The van der Waals surface area contributed by atoms with Gasteiger partial charge in [-0.3, -0.25) is 4.79 Å². The molecule has 0 aromatic heterocycles. The number of carbonyl (C=O) groups is 1. The molecule has 0 aromatic rings. The largest absolute Gasteiger partial charge is 0.469 e. The topological polar surface area (TPSA) is 66.8 Å². The predicted octanol–water partition coefficient (Wildman–Crippen LogP) is 5.20. The molecule has 0 bridgehead atoms. The lowest BCUT2D eigenvalue weighted by atomic mass is 9.41. The first-order valence-electron chi connectivity index (χ1n) is 13.1. The Bertz CT molecular complexity index is 664. The van der Waals surface area contributed by atoms with Gasteiger partial charge in [-0.1, -0.05) is 34.1 Å². The maximum Gasteiger partial charge on any atom is 0.305 e. The molecule has 5 unspecified atom stereocenters. The highest BCUT2D eigenvalue weighted by atomic mass is 16.5. The monoisotopic (exact) mass is 434 g/mol. The van der Waals surface area contributed by atoms with Gasteiger partial charge in [0.05, 0.1) is 19.3 Å². The van der Waals surface area contributed by atoms with E-state index >= 15 is 0 Å². The van der Waals surface area contributed by atoms with Crippen LogP contribution in [-0.4, -0.2) is 35.5 Å². The molecule has 0 heterocycles. The van der Waals surface area contributed by atoms with E-state index in [4.69, 9.17) is 4.74 Å². The van der Waals surface area contributed by atoms with Crippen molar-refractivity contribution < 1.29 is 19.7 Å². The first kappa shape index (κ1) is 23.5. The molecule has 4 rings (SSSR count). The van der Waals surface area contributed by atoms with Gasteiger partial charge in [0.2, 0.25) is 0 Å². The lowest BCUT2D eigenvalue weighted by Gasteiger charge is -2.64. The molecule has 0 spiro atoms. The number of esters is 1. The Morgan fingerprint density at radius 2 is 1.71 bits per heavy atom. The maximum atomic E-state index is 11.8. The molecular weight excluding hydrogens is 388 g/mol. The number of aliphatic hydroxyl groups is 2. The summed E-state index contributed by atoms with van der Waals surface area (Å²) in [5, 5.41) is 22.2. The lowest BCUT2D eigenvalue weighted by molar-refractivity contribution is -0.203. The molecule has 4 aliphatic rings. The number of aliphatic hydroxyl groups excluding tert-OH is 2. The van der Waals surface area contributed by atoms with E-state index in [-0.39, 0.29) is 29.0 Å². The minimum Gasteiger partial charge on any atom is -0.469 e. The Morgan fingerprint density at radius 3 is 2.39 bits per heavy atom. The van der Waals surface area contributed by atoms with Gasteiger partial charge in [0.1, 0.15) is 0 Å². The molecule has 0 aromatic carbocycles. The van der Waals surface area contributed by atoms with E-state index in [0.29, 0.717) is 47.8 Å². The molecule has 0 saturated heterocycles. The molecule has 178 valence electrons. The van der Waals surface area contributed by atoms with Gasteiger partial charge in [0, 0.05) is 6.42 Å². The van der Waals surface area contributed by atoms with E-state index in [0.717, 1.165) is 32.1 Å². The van der Waals surface area contributed by atoms with E-state index in [1.165, 1.54) is 32.8 Å². The van der Waals surface area contributed by atoms with Gasteiger partial charge in [-0.05, 0) is 104 Å². The van der Waals surface area contributed by atoms with Crippen LogP contribution >= 0.6 is 0 Å². The summed E-state index contributed by atoms with van der Waals surface area (Å²) in [6.45, 7) is 9.58. The molecule has 0 amide bonds. The highest BCUT2D eigenvalue weighted by Gasteiger charge is 2.64. The molecule has 0 aliphatic heterocycles. The van der Waals surface area contributed by atoms with Gasteiger partial charge in [0.15, 0.2) is 0 Å². The van der Waals surface area contributed by atoms with Crippen LogP contribution in [-0.2, 0) is 9.53 Å². The fourth-order valence-electron chi connectivity index (χ4n) is 9.58. The van der Waals surface area contributed by atoms with Crippen molar-refractivity contribution >= 4 is 5.97 Å². The minimum absolute atomic E-state index is 0.0952. The maximum absolute atomic E-state index is 11.8. The van der Waals surface area contributed by atoms with Crippen molar-refractivity contribution in [3.05, 3.63) is 0 Å². The number of methoxy groups -OCH3 is 1. The van der Waals surface area contributed by atoms with E-state index in [2.05, 4.69) is 27.7 Å². The third-order valence-corrected chi connectivity index (χ3v) is 11.2. The van der Waals surface area contributed by atoms with Crippen molar-refractivity contribution in [1.29, 1.82) is 0 Å². The second-order valence-corrected chi connectivity index (χ2v) is 12.2. The molecule has 2 N–H and O–H groups in total. The third-order valence-electron chi connectivity index (χ3n) is 11.2. The van der Waals surface area contributed by atoms with Crippen LogP contribution in [0.2, 0.25) is 0 Å². The molecule has 11 atom stereocenters. The van der Waals surface area contributed by atoms with Crippen molar-refractivity contribution in [3.8, 4) is 0 Å². The fraction of sp³-hybridized carbons (Fsp3) is 0.963. The summed E-state index contributed by atoms with van der Waals surface area (Å²) in [7, 11) is 1.48. The number of hydrogen-bond donors (Lipinski definition) is 2. The Kier molecular flexibility index (Phi) is 6.55. The second-order valence-electron chi connectivity index (χ2n) is 12.2. The zero-order chi connectivity index (χ0) is 22.6. The molecule has 31 heavy (non-hydrogen) atoms. The number of ether oxygens (including phenoxy) is 1. The molecule has 0 radical (unpaired) electrons. The summed E-state index contributed by atoms with van der Waals surface area (Å²) in [4.78, 5) is 11.7. The highest BCUT2D eigenvalue weighted by molar-refractivity contribution is 5.69. The van der Waals surface area contributed by atoms with Crippen LogP contribution in [0.25, 0.3) is 0 Å². The zero-order valence-corrected chi connectivity index (χ0v) is 20.5. The first-order chi connectivity index (χ1) is 14.7. The molecule has 4 fully saturated rings. The van der Waals surface area contributed by atoms with Crippen molar-refractivity contribution in [2.75, 3.05) is 7.11 Å². The van der Waals surface area contributed by atoms with Crippen molar-refractivity contribution in [3.63, 3.8) is 0 Å². The van der Waals surface area contributed by atoms with Gasteiger partial charge < -0.3 is 14.9 Å². The SMILES string of the molecule is CC[C@@H]1C2C[C@H](O)CC[C@]2(C)C2CCC3(C)C(CC[C@@H]3[C@H](C)CCC(=O)OC)C2[C@@H]1O. The summed E-state index contributed by atoms with van der Waals surface area (Å²) < 4.78 is 4.88. The smallest absolute Gasteiger partial charge is 0.305 e. The average Bonchev–Trinajstić information content (AvgIpc) is 3.10. The number of carbonyl (C=O) groups excluding carboxylic acids is 1. The van der Waals surface area contributed by atoms with Crippen molar-refractivity contribution in [1.82, 2.24) is 0 Å².